The van der Waals surface area contributed by atoms with Crippen molar-refractivity contribution in [3.63, 3.8) is 0 Å². The van der Waals surface area contributed by atoms with Crippen molar-refractivity contribution in [3.05, 3.63) is 47.1 Å². The van der Waals surface area contributed by atoms with E-state index in [9.17, 15) is 5.26 Å². The lowest BCUT2D eigenvalue weighted by molar-refractivity contribution is 0.937. The zero-order valence-corrected chi connectivity index (χ0v) is 11.8. The third kappa shape index (κ3) is 2.35. The van der Waals surface area contributed by atoms with Gasteiger partial charge in [-0.3, -0.25) is 0 Å². The van der Waals surface area contributed by atoms with Gasteiger partial charge in [0.15, 0.2) is 0 Å². The van der Waals surface area contributed by atoms with Crippen LogP contribution in [-0.2, 0) is 0 Å². The summed E-state index contributed by atoms with van der Waals surface area (Å²) in [4.78, 5) is 6.60. The number of benzene rings is 1. The van der Waals surface area contributed by atoms with Crippen LogP contribution in [0.4, 0.5) is 5.82 Å². The number of anilines is 1. The summed E-state index contributed by atoms with van der Waals surface area (Å²) < 4.78 is 0. The normalized spacial score (nSPS) is 14.3. The summed E-state index contributed by atoms with van der Waals surface area (Å²) >= 11 is 6.20. The number of hydrogen-bond acceptors (Lipinski definition) is 3. The molecule has 0 bridgehead atoms. The zero-order valence-electron chi connectivity index (χ0n) is 11.0. The molecular weight excluding hydrogens is 270 g/mol. The Hall–Kier alpha value is -2.05. The van der Waals surface area contributed by atoms with Gasteiger partial charge < -0.3 is 4.90 Å². The molecule has 0 radical (unpaired) electrons. The molecule has 2 heterocycles. The summed E-state index contributed by atoms with van der Waals surface area (Å²) in [6, 6.07) is 14.0. The van der Waals surface area contributed by atoms with Crippen LogP contribution in [0.15, 0.2) is 36.4 Å². The minimum Gasteiger partial charge on any atom is -0.357 e. The Morgan fingerprint density at radius 2 is 1.85 bits per heavy atom. The molecule has 0 N–H and O–H groups in total. The standard InChI is InChI=1S/C16H14ClN3/c17-16-14(11-18)13(12-6-2-1-3-7-12)10-15(19-16)20-8-4-5-9-20/h1-3,6-7,10H,4-5,8-9H2. The summed E-state index contributed by atoms with van der Waals surface area (Å²) in [6.07, 6.45) is 2.36. The van der Waals surface area contributed by atoms with Gasteiger partial charge in [0.25, 0.3) is 0 Å². The van der Waals surface area contributed by atoms with Crippen LogP contribution in [0.2, 0.25) is 5.15 Å². The molecule has 1 fully saturated rings. The highest BCUT2D eigenvalue weighted by Gasteiger charge is 2.18. The van der Waals surface area contributed by atoms with Gasteiger partial charge in [-0.25, -0.2) is 4.98 Å². The highest BCUT2D eigenvalue weighted by atomic mass is 35.5. The molecule has 4 heteroatoms. The van der Waals surface area contributed by atoms with Gasteiger partial charge in [0.2, 0.25) is 0 Å². The van der Waals surface area contributed by atoms with E-state index in [1.165, 1.54) is 12.8 Å². The van der Waals surface area contributed by atoms with Gasteiger partial charge in [0.1, 0.15) is 17.0 Å². The molecule has 0 spiro atoms. The van der Waals surface area contributed by atoms with E-state index in [1.54, 1.807) is 0 Å². The predicted octanol–water partition coefficient (Wildman–Crippen LogP) is 3.87. The first-order chi connectivity index (χ1) is 9.79. The summed E-state index contributed by atoms with van der Waals surface area (Å²) in [5.41, 5.74) is 2.30. The zero-order chi connectivity index (χ0) is 13.9. The number of nitriles is 1. The Bertz CT molecular complexity index is 655. The molecule has 3 rings (SSSR count). The van der Waals surface area contributed by atoms with Gasteiger partial charge in [-0.1, -0.05) is 41.9 Å². The van der Waals surface area contributed by atoms with E-state index < -0.39 is 0 Å². The molecule has 1 saturated heterocycles. The number of aromatic nitrogens is 1. The molecule has 100 valence electrons. The smallest absolute Gasteiger partial charge is 0.149 e. The number of nitrogens with zero attached hydrogens (tertiary/aromatic N) is 3. The topological polar surface area (TPSA) is 39.9 Å². The fraction of sp³-hybridized carbons (Fsp3) is 0.250. The lowest BCUT2D eigenvalue weighted by atomic mass is 10.0. The monoisotopic (exact) mass is 283 g/mol. The molecule has 1 aliphatic heterocycles. The number of hydrogen-bond donors (Lipinski definition) is 0. The third-order valence-corrected chi connectivity index (χ3v) is 3.86. The maximum Gasteiger partial charge on any atom is 0.149 e. The van der Waals surface area contributed by atoms with E-state index in [2.05, 4.69) is 16.0 Å². The molecular formula is C16H14ClN3. The van der Waals surface area contributed by atoms with E-state index in [-0.39, 0.29) is 5.15 Å². The summed E-state index contributed by atoms with van der Waals surface area (Å²) in [5.74, 6) is 0.866. The Morgan fingerprint density at radius 1 is 1.15 bits per heavy atom. The van der Waals surface area contributed by atoms with Crippen LogP contribution in [0.1, 0.15) is 18.4 Å². The van der Waals surface area contributed by atoms with Gasteiger partial charge >= 0.3 is 0 Å². The average Bonchev–Trinajstić information content (AvgIpc) is 3.01. The van der Waals surface area contributed by atoms with Crippen molar-refractivity contribution in [1.82, 2.24) is 4.98 Å². The maximum absolute atomic E-state index is 9.33. The fourth-order valence-electron chi connectivity index (χ4n) is 2.56. The fourth-order valence-corrected chi connectivity index (χ4v) is 2.79. The first kappa shape index (κ1) is 13.0. The number of rotatable bonds is 2. The van der Waals surface area contributed by atoms with Crippen LogP contribution < -0.4 is 4.90 Å². The van der Waals surface area contributed by atoms with E-state index in [0.29, 0.717) is 5.56 Å². The van der Waals surface area contributed by atoms with Crippen LogP contribution in [0.5, 0.6) is 0 Å². The van der Waals surface area contributed by atoms with Gasteiger partial charge in [0.05, 0.1) is 5.56 Å². The van der Waals surface area contributed by atoms with E-state index in [0.717, 1.165) is 30.0 Å². The Balaban J connectivity index is 2.13. The molecule has 0 saturated carbocycles. The number of pyridine rings is 1. The Kier molecular flexibility index (Phi) is 3.58. The van der Waals surface area contributed by atoms with Crippen molar-refractivity contribution in [2.24, 2.45) is 0 Å². The Morgan fingerprint density at radius 3 is 2.50 bits per heavy atom. The molecule has 2 aromatic rings. The molecule has 0 amide bonds. The van der Waals surface area contributed by atoms with E-state index >= 15 is 0 Å². The SMILES string of the molecule is N#Cc1c(-c2ccccc2)cc(N2CCCC2)nc1Cl. The highest BCUT2D eigenvalue weighted by molar-refractivity contribution is 6.31. The third-order valence-electron chi connectivity index (χ3n) is 3.59. The van der Waals surface area contributed by atoms with Crippen molar-refractivity contribution in [2.75, 3.05) is 18.0 Å². The highest BCUT2D eigenvalue weighted by Crippen LogP contribution is 2.32. The summed E-state index contributed by atoms with van der Waals surface area (Å²) in [5, 5.41) is 9.62. The first-order valence-corrected chi connectivity index (χ1v) is 7.08. The van der Waals surface area contributed by atoms with Crippen LogP contribution >= 0.6 is 11.6 Å². The summed E-state index contributed by atoms with van der Waals surface area (Å²) in [6.45, 7) is 2.01. The van der Waals surface area contributed by atoms with Crippen molar-refractivity contribution < 1.29 is 0 Å². The number of halogens is 1. The average molecular weight is 284 g/mol. The summed E-state index contributed by atoms with van der Waals surface area (Å²) in [7, 11) is 0. The van der Waals surface area contributed by atoms with Crippen molar-refractivity contribution in [3.8, 4) is 17.2 Å². The van der Waals surface area contributed by atoms with Crippen molar-refractivity contribution >= 4 is 17.4 Å². The maximum atomic E-state index is 9.33. The molecule has 20 heavy (non-hydrogen) atoms. The van der Waals surface area contributed by atoms with Crippen molar-refractivity contribution in [1.29, 1.82) is 5.26 Å². The molecule has 1 aromatic carbocycles. The quantitative estimate of drug-likeness (QED) is 0.786. The largest absolute Gasteiger partial charge is 0.357 e. The molecule has 3 nitrogen and oxygen atoms in total. The van der Waals surface area contributed by atoms with Gasteiger partial charge in [-0.2, -0.15) is 5.26 Å². The second-order valence-corrected chi connectivity index (χ2v) is 5.22. The molecule has 1 aliphatic rings. The molecule has 0 aliphatic carbocycles. The minimum absolute atomic E-state index is 0.288. The second kappa shape index (κ2) is 5.52. The van der Waals surface area contributed by atoms with Crippen LogP contribution in [0.3, 0.4) is 0 Å². The minimum atomic E-state index is 0.288. The van der Waals surface area contributed by atoms with Gasteiger partial charge in [-0.05, 0) is 24.5 Å². The van der Waals surface area contributed by atoms with Crippen molar-refractivity contribution in [2.45, 2.75) is 12.8 Å². The first-order valence-electron chi connectivity index (χ1n) is 6.70. The van der Waals surface area contributed by atoms with E-state index in [1.807, 2.05) is 36.4 Å². The van der Waals surface area contributed by atoms with Crippen LogP contribution in [-0.4, -0.2) is 18.1 Å². The molecule has 1 aromatic heterocycles. The lowest BCUT2D eigenvalue weighted by Crippen LogP contribution is -2.19. The van der Waals surface area contributed by atoms with Crippen LogP contribution in [0, 0.1) is 11.3 Å². The van der Waals surface area contributed by atoms with Gasteiger partial charge in [-0.15, -0.1) is 0 Å². The van der Waals surface area contributed by atoms with Crippen LogP contribution in [0.25, 0.3) is 11.1 Å². The molecule has 0 unspecified atom stereocenters. The second-order valence-electron chi connectivity index (χ2n) is 4.87. The molecule has 0 atom stereocenters. The Labute approximate surface area is 123 Å². The predicted molar refractivity (Wildman–Crippen MR) is 80.8 cm³/mol. The van der Waals surface area contributed by atoms with Gasteiger partial charge in [0, 0.05) is 18.7 Å². The lowest BCUT2D eigenvalue weighted by Gasteiger charge is -2.18. The van der Waals surface area contributed by atoms with E-state index in [4.69, 9.17) is 11.6 Å².